The lowest BCUT2D eigenvalue weighted by Gasteiger charge is -2.12. The quantitative estimate of drug-likeness (QED) is 0.788. The van der Waals surface area contributed by atoms with Gasteiger partial charge in [0.2, 0.25) is 5.91 Å². The molecule has 0 bridgehead atoms. The molecule has 1 aromatic carbocycles. The highest BCUT2D eigenvalue weighted by Crippen LogP contribution is 2.11. The van der Waals surface area contributed by atoms with Gasteiger partial charge in [0.15, 0.2) is 0 Å². The van der Waals surface area contributed by atoms with E-state index >= 15 is 0 Å². The second-order valence-electron chi connectivity index (χ2n) is 3.92. The molecule has 0 heterocycles. The Balaban J connectivity index is 2.30. The summed E-state index contributed by atoms with van der Waals surface area (Å²) < 4.78 is 17.9. The molecule has 5 nitrogen and oxygen atoms in total. The maximum absolute atomic E-state index is 12.6. The summed E-state index contributed by atoms with van der Waals surface area (Å²) in [6.07, 6.45) is 0.362. The maximum atomic E-state index is 12.6. The Morgan fingerprint density at radius 2 is 2.00 bits per heavy atom. The van der Waals surface area contributed by atoms with E-state index < -0.39 is 17.9 Å². The zero-order valence-corrected chi connectivity index (χ0v) is 10.6. The highest BCUT2D eigenvalue weighted by molar-refractivity contribution is 5.83. The monoisotopic (exact) mass is 269 g/mol. The van der Waals surface area contributed by atoms with Gasteiger partial charge in [0, 0.05) is 0 Å². The first kappa shape index (κ1) is 14.9. The fourth-order valence-electron chi connectivity index (χ4n) is 1.40. The summed E-state index contributed by atoms with van der Waals surface area (Å²) in [5.41, 5.74) is 0. The van der Waals surface area contributed by atoms with E-state index in [9.17, 15) is 14.0 Å². The van der Waals surface area contributed by atoms with Gasteiger partial charge < -0.3 is 15.2 Å². The zero-order valence-electron chi connectivity index (χ0n) is 10.6. The third kappa shape index (κ3) is 5.37. The molecule has 0 radical (unpaired) electrons. The molecule has 0 aliphatic carbocycles. The van der Waals surface area contributed by atoms with Crippen molar-refractivity contribution in [3.05, 3.63) is 30.1 Å². The number of hydrogen-bond acceptors (Lipinski definition) is 3. The van der Waals surface area contributed by atoms with Gasteiger partial charge >= 0.3 is 5.97 Å². The Bertz CT molecular complexity index is 433. The van der Waals surface area contributed by atoms with Crippen molar-refractivity contribution >= 4 is 11.9 Å². The highest BCUT2D eigenvalue weighted by atomic mass is 19.1. The summed E-state index contributed by atoms with van der Waals surface area (Å²) in [4.78, 5) is 22.2. The van der Waals surface area contributed by atoms with Crippen LogP contribution in [0, 0.1) is 5.82 Å². The summed E-state index contributed by atoms with van der Waals surface area (Å²) in [5.74, 6) is -1.36. The number of carboxylic acids is 1. The lowest BCUT2D eigenvalue weighted by molar-refractivity contribution is -0.142. The second kappa shape index (κ2) is 7.35. The van der Waals surface area contributed by atoms with E-state index in [1.54, 1.807) is 6.92 Å². The number of aliphatic carboxylic acids is 1. The van der Waals surface area contributed by atoms with Crippen LogP contribution in [0.1, 0.15) is 19.8 Å². The van der Waals surface area contributed by atoms with Crippen LogP contribution in [0.3, 0.4) is 0 Å². The topological polar surface area (TPSA) is 75.6 Å². The molecule has 1 atom stereocenters. The smallest absolute Gasteiger partial charge is 0.326 e. The van der Waals surface area contributed by atoms with Crippen LogP contribution in [0.4, 0.5) is 4.39 Å². The van der Waals surface area contributed by atoms with E-state index in [1.807, 2.05) is 0 Å². The molecule has 0 saturated carbocycles. The van der Waals surface area contributed by atoms with Gasteiger partial charge in [0.25, 0.3) is 0 Å². The number of nitrogens with one attached hydrogen (secondary N) is 1. The summed E-state index contributed by atoms with van der Waals surface area (Å²) in [6.45, 7) is 1.78. The number of amides is 1. The highest BCUT2D eigenvalue weighted by Gasteiger charge is 2.17. The van der Waals surface area contributed by atoms with E-state index in [4.69, 9.17) is 9.84 Å². The first-order valence-electron chi connectivity index (χ1n) is 5.93. The number of rotatable bonds is 7. The lowest BCUT2D eigenvalue weighted by Crippen LogP contribution is -2.40. The van der Waals surface area contributed by atoms with Gasteiger partial charge in [0.1, 0.15) is 17.6 Å². The molecule has 2 N–H and O–H groups in total. The van der Waals surface area contributed by atoms with Crippen molar-refractivity contribution in [3.63, 3.8) is 0 Å². The van der Waals surface area contributed by atoms with E-state index in [0.29, 0.717) is 12.2 Å². The Hall–Kier alpha value is -2.11. The fourth-order valence-corrected chi connectivity index (χ4v) is 1.40. The van der Waals surface area contributed by atoms with Gasteiger partial charge in [-0.2, -0.15) is 0 Å². The average molecular weight is 269 g/mol. The molecule has 19 heavy (non-hydrogen) atoms. The van der Waals surface area contributed by atoms with Crippen molar-refractivity contribution in [1.82, 2.24) is 5.32 Å². The SMILES string of the molecule is CCC(NC(=O)CCOc1ccc(F)cc1)C(=O)O. The predicted octanol–water partition coefficient (Wildman–Crippen LogP) is 1.57. The molecular weight excluding hydrogens is 253 g/mol. The van der Waals surface area contributed by atoms with Crippen LogP contribution < -0.4 is 10.1 Å². The van der Waals surface area contributed by atoms with Gasteiger partial charge in [-0.25, -0.2) is 9.18 Å². The number of carbonyl (C=O) groups is 2. The first-order valence-corrected chi connectivity index (χ1v) is 5.93. The first-order chi connectivity index (χ1) is 9.02. The summed E-state index contributed by atoms with van der Waals surface area (Å²) in [5, 5.41) is 11.2. The van der Waals surface area contributed by atoms with Crippen molar-refractivity contribution in [2.45, 2.75) is 25.8 Å². The Labute approximate surface area is 110 Å². The molecule has 104 valence electrons. The standard InChI is InChI=1S/C13H16FNO4/c1-2-11(13(17)18)15-12(16)7-8-19-10-5-3-9(14)4-6-10/h3-6,11H,2,7-8H2,1H3,(H,15,16)(H,17,18). The minimum atomic E-state index is -1.06. The molecule has 0 aromatic heterocycles. The van der Waals surface area contributed by atoms with Crippen LogP contribution in [-0.2, 0) is 9.59 Å². The van der Waals surface area contributed by atoms with Crippen LogP contribution in [0.2, 0.25) is 0 Å². The van der Waals surface area contributed by atoms with E-state index in [-0.39, 0.29) is 18.8 Å². The Morgan fingerprint density at radius 3 is 2.53 bits per heavy atom. The number of carbonyl (C=O) groups excluding carboxylic acids is 1. The molecule has 1 aromatic rings. The van der Waals surface area contributed by atoms with Crippen LogP contribution in [0.15, 0.2) is 24.3 Å². The number of carboxylic acid groups (broad SMARTS) is 1. The molecule has 0 spiro atoms. The fraction of sp³-hybridized carbons (Fsp3) is 0.385. The van der Waals surface area contributed by atoms with Crippen LogP contribution >= 0.6 is 0 Å². The summed E-state index contributed by atoms with van der Waals surface area (Å²) in [7, 11) is 0. The third-order valence-corrected chi connectivity index (χ3v) is 2.45. The van der Waals surface area contributed by atoms with Crippen molar-refractivity contribution in [1.29, 1.82) is 0 Å². The molecule has 0 aliphatic heterocycles. The number of halogens is 1. The van der Waals surface area contributed by atoms with Crippen LogP contribution in [-0.4, -0.2) is 29.6 Å². The minimum absolute atomic E-state index is 0.0428. The minimum Gasteiger partial charge on any atom is -0.493 e. The summed E-state index contributed by atoms with van der Waals surface area (Å²) >= 11 is 0. The van der Waals surface area contributed by atoms with Crippen LogP contribution in [0.25, 0.3) is 0 Å². The van der Waals surface area contributed by atoms with Gasteiger partial charge in [-0.1, -0.05) is 6.92 Å². The molecule has 6 heteroatoms. The van der Waals surface area contributed by atoms with Crippen molar-refractivity contribution in [3.8, 4) is 5.75 Å². The van der Waals surface area contributed by atoms with Gasteiger partial charge in [-0.3, -0.25) is 4.79 Å². The average Bonchev–Trinajstić information content (AvgIpc) is 2.38. The molecule has 0 aliphatic rings. The predicted molar refractivity (Wildman–Crippen MR) is 66.4 cm³/mol. The molecular formula is C13H16FNO4. The molecule has 1 unspecified atom stereocenters. The number of ether oxygens (including phenoxy) is 1. The van der Waals surface area contributed by atoms with Gasteiger partial charge in [-0.15, -0.1) is 0 Å². The molecule has 0 saturated heterocycles. The maximum Gasteiger partial charge on any atom is 0.326 e. The Kier molecular flexibility index (Phi) is 5.78. The summed E-state index contributed by atoms with van der Waals surface area (Å²) in [6, 6.07) is 4.55. The Morgan fingerprint density at radius 1 is 1.37 bits per heavy atom. The lowest BCUT2D eigenvalue weighted by atomic mass is 10.2. The zero-order chi connectivity index (χ0) is 14.3. The third-order valence-electron chi connectivity index (χ3n) is 2.45. The van der Waals surface area contributed by atoms with E-state index in [1.165, 1.54) is 24.3 Å². The van der Waals surface area contributed by atoms with Crippen molar-refractivity contribution in [2.75, 3.05) is 6.61 Å². The molecule has 1 rings (SSSR count). The van der Waals surface area contributed by atoms with Crippen molar-refractivity contribution in [2.24, 2.45) is 0 Å². The van der Waals surface area contributed by atoms with Gasteiger partial charge in [0.05, 0.1) is 13.0 Å². The van der Waals surface area contributed by atoms with Gasteiger partial charge in [-0.05, 0) is 30.7 Å². The van der Waals surface area contributed by atoms with E-state index in [0.717, 1.165) is 0 Å². The van der Waals surface area contributed by atoms with Crippen LogP contribution in [0.5, 0.6) is 5.75 Å². The number of benzene rings is 1. The van der Waals surface area contributed by atoms with Crippen molar-refractivity contribution < 1.29 is 23.8 Å². The normalized spacial score (nSPS) is 11.7. The number of hydrogen-bond donors (Lipinski definition) is 2. The van der Waals surface area contributed by atoms with E-state index in [2.05, 4.69) is 5.32 Å². The molecule has 1 amide bonds. The largest absolute Gasteiger partial charge is 0.493 e. The molecule has 0 fully saturated rings. The second-order valence-corrected chi connectivity index (χ2v) is 3.92.